The van der Waals surface area contributed by atoms with Crippen LogP contribution in [-0.4, -0.2) is 18.3 Å². The molecule has 1 N–H and O–H groups in total. The quantitative estimate of drug-likeness (QED) is 0.830. The fraction of sp³-hybridized carbons (Fsp3) is 0.533. The van der Waals surface area contributed by atoms with Gasteiger partial charge in [-0.1, -0.05) is 39.8 Å². The molecule has 0 bridgehead atoms. The van der Waals surface area contributed by atoms with Gasteiger partial charge < -0.3 is 5.32 Å². The maximum Gasteiger partial charge on any atom is 0.251 e. The minimum Gasteiger partial charge on any atom is -0.352 e. The zero-order chi connectivity index (χ0) is 13.8. The third kappa shape index (κ3) is 4.34. The van der Waals surface area contributed by atoms with Gasteiger partial charge in [0.25, 0.3) is 5.91 Å². The fourth-order valence-electron chi connectivity index (χ4n) is 1.55. The van der Waals surface area contributed by atoms with Crippen LogP contribution in [0.1, 0.15) is 43.6 Å². The molecule has 0 saturated carbocycles. The standard InChI is InChI=1S/C15H22ClNO/c1-11(9-16)10-17-14(18)12-5-7-13(8-6-12)15(2,3)4/h5-8,11H,9-10H2,1-4H3,(H,17,18). The molecule has 0 aliphatic heterocycles. The van der Waals surface area contributed by atoms with E-state index in [1.54, 1.807) is 0 Å². The molecule has 1 atom stereocenters. The number of hydrogen-bond donors (Lipinski definition) is 1. The first-order valence-electron chi connectivity index (χ1n) is 6.29. The molecule has 0 fully saturated rings. The van der Waals surface area contributed by atoms with Crippen molar-refractivity contribution in [2.75, 3.05) is 12.4 Å². The number of halogens is 1. The van der Waals surface area contributed by atoms with Crippen molar-refractivity contribution >= 4 is 17.5 Å². The molecule has 1 aromatic carbocycles. The highest BCUT2D eigenvalue weighted by Crippen LogP contribution is 2.22. The Morgan fingerprint density at radius 1 is 1.28 bits per heavy atom. The van der Waals surface area contributed by atoms with Crippen LogP contribution in [0.15, 0.2) is 24.3 Å². The van der Waals surface area contributed by atoms with E-state index in [4.69, 9.17) is 11.6 Å². The lowest BCUT2D eigenvalue weighted by Crippen LogP contribution is -2.28. The average Bonchev–Trinajstić information content (AvgIpc) is 2.34. The first-order valence-corrected chi connectivity index (χ1v) is 6.82. The van der Waals surface area contributed by atoms with Gasteiger partial charge in [-0.2, -0.15) is 0 Å². The molecule has 0 aliphatic rings. The summed E-state index contributed by atoms with van der Waals surface area (Å²) < 4.78 is 0. The van der Waals surface area contributed by atoms with E-state index in [1.165, 1.54) is 5.56 Å². The number of benzene rings is 1. The topological polar surface area (TPSA) is 29.1 Å². The lowest BCUT2D eigenvalue weighted by molar-refractivity contribution is 0.0949. The fourth-order valence-corrected chi connectivity index (χ4v) is 1.65. The molecule has 1 unspecified atom stereocenters. The number of carbonyl (C=O) groups is 1. The molecule has 0 aliphatic carbocycles. The second-order valence-corrected chi connectivity index (χ2v) is 6.11. The van der Waals surface area contributed by atoms with E-state index >= 15 is 0 Å². The van der Waals surface area contributed by atoms with Gasteiger partial charge in [-0.25, -0.2) is 0 Å². The Labute approximate surface area is 115 Å². The predicted octanol–water partition coefficient (Wildman–Crippen LogP) is 3.59. The third-order valence-electron chi connectivity index (χ3n) is 2.89. The number of hydrogen-bond acceptors (Lipinski definition) is 1. The van der Waals surface area contributed by atoms with Gasteiger partial charge in [0.1, 0.15) is 0 Å². The minimum absolute atomic E-state index is 0.0348. The zero-order valence-electron chi connectivity index (χ0n) is 11.6. The van der Waals surface area contributed by atoms with Crippen LogP contribution in [0.25, 0.3) is 0 Å². The molecule has 1 rings (SSSR count). The summed E-state index contributed by atoms with van der Waals surface area (Å²) in [6.45, 7) is 9.10. The van der Waals surface area contributed by atoms with Crippen molar-refractivity contribution in [3.63, 3.8) is 0 Å². The highest BCUT2D eigenvalue weighted by molar-refractivity contribution is 6.18. The predicted molar refractivity (Wildman–Crippen MR) is 77.4 cm³/mol. The molecule has 1 aromatic rings. The van der Waals surface area contributed by atoms with Gasteiger partial charge in [0.2, 0.25) is 0 Å². The second-order valence-electron chi connectivity index (χ2n) is 5.80. The second kappa shape index (κ2) is 6.24. The Morgan fingerprint density at radius 3 is 2.28 bits per heavy atom. The Morgan fingerprint density at radius 2 is 1.83 bits per heavy atom. The summed E-state index contributed by atoms with van der Waals surface area (Å²) in [5.74, 6) is 0.820. The van der Waals surface area contributed by atoms with Gasteiger partial charge in [0, 0.05) is 18.0 Å². The van der Waals surface area contributed by atoms with E-state index in [1.807, 2.05) is 31.2 Å². The van der Waals surface area contributed by atoms with E-state index < -0.39 is 0 Å². The molecule has 3 heteroatoms. The van der Waals surface area contributed by atoms with Gasteiger partial charge in [-0.15, -0.1) is 11.6 Å². The lowest BCUT2D eigenvalue weighted by atomic mass is 9.87. The number of amides is 1. The van der Waals surface area contributed by atoms with Crippen molar-refractivity contribution < 1.29 is 4.79 Å². The maximum absolute atomic E-state index is 11.9. The molecule has 0 radical (unpaired) electrons. The maximum atomic E-state index is 11.9. The first kappa shape index (κ1) is 15.0. The van der Waals surface area contributed by atoms with Gasteiger partial charge in [0.15, 0.2) is 0 Å². The summed E-state index contributed by atoms with van der Waals surface area (Å²) >= 11 is 5.70. The van der Waals surface area contributed by atoms with Crippen molar-refractivity contribution in [1.29, 1.82) is 0 Å². The van der Waals surface area contributed by atoms with Crippen molar-refractivity contribution in [3.8, 4) is 0 Å². The molecular weight excluding hydrogens is 246 g/mol. The van der Waals surface area contributed by atoms with Crippen LogP contribution in [0.4, 0.5) is 0 Å². The van der Waals surface area contributed by atoms with Crippen LogP contribution in [0.5, 0.6) is 0 Å². The Balaban J connectivity index is 2.65. The SMILES string of the molecule is CC(CCl)CNC(=O)c1ccc(C(C)(C)C)cc1. The smallest absolute Gasteiger partial charge is 0.251 e. The van der Waals surface area contributed by atoms with E-state index in [0.717, 1.165) is 0 Å². The van der Waals surface area contributed by atoms with E-state index in [0.29, 0.717) is 23.9 Å². The summed E-state index contributed by atoms with van der Waals surface area (Å²) in [5, 5.41) is 2.88. The molecule has 100 valence electrons. The summed E-state index contributed by atoms with van der Waals surface area (Å²) in [6, 6.07) is 7.78. The van der Waals surface area contributed by atoms with Crippen LogP contribution in [0, 0.1) is 5.92 Å². The summed E-state index contributed by atoms with van der Waals surface area (Å²) in [6.07, 6.45) is 0. The van der Waals surface area contributed by atoms with Crippen LogP contribution < -0.4 is 5.32 Å². The minimum atomic E-state index is -0.0348. The van der Waals surface area contributed by atoms with Gasteiger partial charge in [-0.05, 0) is 29.0 Å². The zero-order valence-corrected chi connectivity index (χ0v) is 12.3. The van der Waals surface area contributed by atoms with Crippen LogP contribution in [-0.2, 0) is 5.41 Å². The molecule has 0 aromatic heterocycles. The molecule has 2 nitrogen and oxygen atoms in total. The van der Waals surface area contributed by atoms with E-state index in [2.05, 4.69) is 26.1 Å². The van der Waals surface area contributed by atoms with Crippen molar-refractivity contribution in [2.45, 2.75) is 33.1 Å². The Hall–Kier alpha value is -1.02. The number of rotatable bonds is 4. The Kier molecular flexibility index (Phi) is 5.21. The van der Waals surface area contributed by atoms with Crippen molar-refractivity contribution in [1.82, 2.24) is 5.32 Å². The van der Waals surface area contributed by atoms with Crippen LogP contribution in [0.3, 0.4) is 0 Å². The van der Waals surface area contributed by atoms with Gasteiger partial charge in [0.05, 0.1) is 0 Å². The molecule has 0 saturated heterocycles. The normalized spacial score (nSPS) is 13.2. The summed E-state index contributed by atoms with van der Waals surface area (Å²) in [7, 11) is 0. The Bertz CT molecular complexity index is 392. The van der Waals surface area contributed by atoms with Crippen molar-refractivity contribution in [2.24, 2.45) is 5.92 Å². The van der Waals surface area contributed by atoms with Crippen LogP contribution >= 0.6 is 11.6 Å². The summed E-state index contributed by atoms with van der Waals surface area (Å²) in [4.78, 5) is 11.9. The molecule has 0 spiro atoms. The largest absolute Gasteiger partial charge is 0.352 e. The van der Waals surface area contributed by atoms with E-state index in [9.17, 15) is 4.79 Å². The van der Waals surface area contributed by atoms with Crippen molar-refractivity contribution in [3.05, 3.63) is 35.4 Å². The van der Waals surface area contributed by atoms with Gasteiger partial charge in [-0.3, -0.25) is 4.79 Å². The highest BCUT2D eigenvalue weighted by atomic mass is 35.5. The monoisotopic (exact) mass is 267 g/mol. The first-order chi connectivity index (χ1) is 8.34. The molecule has 1 amide bonds. The molecule has 18 heavy (non-hydrogen) atoms. The van der Waals surface area contributed by atoms with Crippen LogP contribution in [0.2, 0.25) is 0 Å². The highest BCUT2D eigenvalue weighted by Gasteiger charge is 2.14. The number of carbonyl (C=O) groups excluding carboxylic acids is 1. The van der Waals surface area contributed by atoms with E-state index in [-0.39, 0.29) is 11.3 Å². The molecular formula is C15H22ClNO. The number of nitrogens with one attached hydrogen (secondary N) is 1. The summed E-state index contributed by atoms with van der Waals surface area (Å²) in [5.41, 5.74) is 2.04. The average molecular weight is 268 g/mol. The van der Waals surface area contributed by atoms with Gasteiger partial charge >= 0.3 is 0 Å². The third-order valence-corrected chi connectivity index (χ3v) is 3.41. The number of alkyl halides is 1. The lowest BCUT2D eigenvalue weighted by Gasteiger charge is -2.19. The molecule has 0 heterocycles.